The van der Waals surface area contributed by atoms with Crippen molar-refractivity contribution in [3.05, 3.63) is 0 Å². The van der Waals surface area contributed by atoms with Crippen molar-refractivity contribution in [1.29, 1.82) is 0 Å². The highest BCUT2D eigenvalue weighted by molar-refractivity contribution is 7.85. The van der Waals surface area contributed by atoms with Gasteiger partial charge in [-0.1, -0.05) is 20.8 Å². The molecule has 2 atom stereocenters. The van der Waals surface area contributed by atoms with Crippen LogP contribution in [-0.4, -0.2) is 24.3 Å². The van der Waals surface area contributed by atoms with Crippen LogP contribution in [0.15, 0.2) is 0 Å². The van der Waals surface area contributed by atoms with E-state index in [9.17, 15) is 8.42 Å². The first-order valence-electron chi connectivity index (χ1n) is 4.31. The zero-order valence-corrected chi connectivity index (χ0v) is 9.06. The van der Waals surface area contributed by atoms with Crippen LogP contribution in [0.4, 0.5) is 0 Å². The molecule has 1 aliphatic rings. The van der Waals surface area contributed by atoms with Crippen LogP contribution in [0.3, 0.4) is 0 Å². The third kappa shape index (κ3) is 2.03. The summed E-state index contributed by atoms with van der Waals surface area (Å²) in [6, 6.07) is 0. The quantitative estimate of drug-likeness (QED) is 0.651. The van der Waals surface area contributed by atoms with Gasteiger partial charge in [0, 0.05) is 5.54 Å². The molecule has 5 heteroatoms. The van der Waals surface area contributed by atoms with Crippen molar-refractivity contribution in [3.63, 3.8) is 0 Å². The van der Waals surface area contributed by atoms with Gasteiger partial charge in [-0.15, -0.1) is 0 Å². The number of rotatable bonds is 2. The smallest absolute Gasteiger partial charge is 0.266 e. The van der Waals surface area contributed by atoms with Crippen molar-refractivity contribution >= 4 is 10.1 Å². The molecule has 3 N–H and O–H groups in total. The number of hydrogen-bond donors (Lipinski definition) is 2. The summed E-state index contributed by atoms with van der Waals surface area (Å²) in [6.45, 7) is 6.02. The predicted molar refractivity (Wildman–Crippen MR) is 50.9 cm³/mol. The van der Waals surface area contributed by atoms with Crippen molar-refractivity contribution in [2.75, 3.05) is 5.75 Å². The Morgan fingerprint density at radius 1 is 1.54 bits per heavy atom. The summed E-state index contributed by atoms with van der Waals surface area (Å²) >= 11 is 0. The lowest BCUT2D eigenvalue weighted by molar-refractivity contribution is -0.0104. The van der Waals surface area contributed by atoms with Gasteiger partial charge < -0.3 is 5.73 Å². The number of hydrogen-bond acceptors (Lipinski definition) is 3. The topological polar surface area (TPSA) is 80.4 Å². The fourth-order valence-electron chi connectivity index (χ4n) is 2.32. The summed E-state index contributed by atoms with van der Waals surface area (Å²) in [4.78, 5) is 0. The van der Waals surface area contributed by atoms with Gasteiger partial charge >= 0.3 is 0 Å². The van der Waals surface area contributed by atoms with E-state index in [1.807, 2.05) is 20.8 Å². The molecule has 0 aromatic heterocycles. The largest absolute Gasteiger partial charge is 0.324 e. The second-order valence-corrected chi connectivity index (χ2v) is 6.30. The summed E-state index contributed by atoms with van der Waals surface area (Å²) < 4.78 is 30.0. The van der Waals surface area contributed by atoms with Crippen molar-refractivity contribution in [2.45, 2.75) is 32.7 Å². The molecular formula is C8H17NO3S. The zero-order valence-electron chi connectivity index (χ0n) is 8.24. The maximum Gasteiger partial charge on any atom is 0.266 e. The zero-order chi connectivity index (χ0) is 10.5. The molecule has 4 nitrogen and oxygen atoms in total. The molecular weight excluding hydrogens is 190 g/mol. The van der Waals surface area contributed by atoms with Gasteiger partial charge in [-0.3, -0.25) is 4.55 Å². The molecule has 0 aliphatic heterocycles. The van der Waals surface area contributed by atoms with Gasteiger partial charge in [0.25, 0.3) is 10.1 Å². The van der Waals surface area contributed by atoms with Gasteiger partial charge in [-0.2, -0.15) is 8.42 Å². The summed E-state index contributed by atoms with van der Waals surface area (Å²) in [7, 11) is -3.95. The lowest BCUT2D eigenvalue weighted by Gasteiger charge is -2.57. The van der Waals surface area contributed by atoms with E-state index < -0.39 is 15.7 Å². The molecule has 0 radical (unpaired) electrons. The van der Waals surface area contributed by atoms with Crippen molar-refractivity contribution in [2.24, 2.45) is 17.1 Å². The highest BCUT2D eigenvalue weighted by Gasteiger charge is 2.55. The van der Waals surface area contributed by atoms with Gasteiger partial charge in [-0.05, 0) is 17.8 Å². The van der Waals surface area contributed by atoms with Gasteiger partial charge in [0.05, 0.1) is 5.75 Å². The second-order valence-electron chi connectivity index (χ2n) is 4.85. The second kappa shape index (κ2) is 2.68. The molecule has 13 heavy (non-hydrogen) atoms. The average molecular weight is 207 g/mol. The molecule has 1 aliphatic carbocycles. The first-order valence-corrected chi connectivity index (χ1v) is 5.92. The fourth-order valence-corrected chi connectivity index (χ4v) is 3.35. The molecule has 0 bridgehead atoms. The van der Waals surface area contributed by atoms with Crippen LogP contribution >= 0.6 is 0 Å². The first kappa shape index (κ1) is 10.9. The molecule has 0 aromatic rings. The van der Waals surface area contributed by atoms with Crippen LogP contribution in [0.25, 0.3) is 0 Å². The van der Waals surface area contributed by atoms with Crippen LogP contribution in [0.2, 0.25) is 0 Å². The van der Waals surface area contributed by atoms with Gasteiger partial charge in [0.15, 0.2) is 0 Å². The van der Waals surface area contributed by atoms with Crippen LogP contribution in [0.1, 0.15) is 27.2 Å². The Kier molecular flexibility index (Phi) is 2.26. The molecule has 0 spiro atoms. The Bertz CT molecular complexity index is 309. The van der Waals surface area contributed by atoms with Crippen LogP contribution in [-0.2, 0) is 10.1 Å². The summed E-state index contributed by atoms with van der Waals surface area (Å²) in [6.07, 6.45) is 0.640. The Morgan fingerprint density at radius 3 is 2.23 bits per heavy atom. The molecule has 0 aromatic carbocycles. The molecule has 78 valence electrons. The maximum absolute atomic E-state index is 10.7. The van der Waals surface area contributed by atoms with Gasteiger partial charge in [0.2, 0.25) is 0 Å². The molecule has 1 rings (SSSR count). The molecule has 0 heterocycles. The minimum Gasteiger partial charge on any atom is -0.324 e. The minimum absolute atomic E-state index is 0.0828. The van der Waals surface area contributed by atoms with E-state index >= 15 is 0 Å². The van der Waals surface area contributed by atoms with E-state index in [0.29, 0.717) is 6.42 Å². The number of nitrogens with two attached hydrogens (primary N) is 1. The van der Waals surface area contributed by atoms with Crippen molar-refractivity contribution in [1.82, 2.24) is 0 Å². The Balaban J connectivity index is 2.74. The van der Waals surface area contributed by atoms with Crippen LogP contribution in [0.5, 0.6) is 0 Å². The van der Waals surface area contributed by atoms with E-state index in [0.717, 1.165) is 0 Å². The van der Waals surface area contributed by atoms with Crippen LogP contribution < -0.4 is 5.73 Å². The van der Waals surface area contributed by atoms with E-state index in [1.54, 1.807) is 0 Å². The molecule has 1 fully saturated rings. The average Bonchev–Trinajstić information content (AvgIpc) is 1.81. The molecule has 2 unspecified atom stereocenters. The highest BCUT2D eigenvalue weighted by Crippen LogP contribution is 2.51. The SMILES string of the molecule is CC1C(C)(C)CC1(N)CS(=O)(=O)O. The highest BCUT2D eigenvalue weighted by atomic mass is 32.2. The molecule has 0 saturated heterocycles. The predicted octanol–water partition coefficient (Wildman–Crippen LogP) is 0.638. The minimum atomic E-state index is -3.95. The maximum atomic E-state index is 10.7. The normalized spacial score (nSPS) is 38.4. The van der Waals surface area contributed by atoms with E-state index in [1.165, 1.54) is 0 Å². The standard InChI is InChI=1S/C8H17NO3S/c1-6-7(2,3)4-8(6,9)5-13(10,11)12/h6H,4-5,9H2,1-3H3,(H,10,11,12). The first-order chi connectivity index (χ1) is 5.57. The van der Waals surface area contributed by atoms with Crippen LogP contribution in [0, 0.1) is 11.3 Å². The Morgan fingerprint density at radius 2 is 2.00 bits per heavy atom. The van der Waals surface area contributed by atoms with Gasteiger partial charge in [0.1, 0.15) is 0 Å². The molecule has 0 amide bonds. The lowest BCUT2D eigenvalue weighted by Crippen LogP contribution is -2.66. The molecule has 1 saturated carbocycles. The monoisotopic (exact) mass is 207 g/mol. The third-order valence-corrected chi connectivity index (χ3v) is 4.17. The van der Waals surface area contributed by atoms with Gasteiger partial charge in [-0.25, -0.2) is 0 Å². The Hall–Kier alpha value is -0.130. The lowest BCUT2D eigenvalue weighted by atomic mass is 9.53. The van der Waals surface area contributed by atoms with Crippen molar-refractivity contribution < 1.29 is 13.0 Å². The van der Waals surface area contributed by atoms with E-state index in [-0.39, 0.29) is 17.1 Å². The van der Waals surface area contributed by atoms with E-state index in [4.69, 9.17) is 10.3 Å². The summed E-state index contributed by atoms with van der Waals surface area (Å²) in [5.41, 5.74) is 5.21. The summed E-state index contributed by atoms with van der Waals surface area (Å²) in [5.74, 6) is -0.216. The van der Waals surface area contributed by atoms with Crippen molar-refractivity contribution in [3.8, 4) is 0 Å². The summed E-state index contributed by atoms with van der Waals surface area (Å²) in [5, 5.41) is 0. The third-order valence-electron chi connectivity index (χ3n) is 3.27. The Labute approximate surface area is 79.3 Å². The van der Waals surface area contributed by atoms with E-state index in [2.05, 4.69) is 0 Å². The fraction of sp³-hybridized carbons (Fsp3) is 1.00.